The van der Waals surface area contributed by atoms with Crippen LogP contribution in [0.1, 0.15) is 19.3 Å². The Labute approximate surface area is 108 Å². The van der Waals surface area contributed by atoms with E-state index in [0.29, 0.717) is 39.5 Å². The Balaban J connectivity index is 3.04. The summed E-state index contributed by atoms with van der Waals surface area (Å²) in [6.45, 7) is 2.90. The van der Waals surface area contributed by atoms with Crippen LogP contribution in [0.4, 0.5) is 0 Å². The fraction of sp³-hybridized carbons (Fsp3) is 1.00. The number of ether oxygens (including phenoxy) is 3. The molecule has 7 heteroatoms. The molecule has 0 aromatic heterocycles. The first-order valence-corrected chi connectivity index (χ1v) is 8.11. The van der Waals surface area contributed by atoms with Crippen molar-refractivity contribution in [2.45, 2.75) is 19.3 Å². The lowest BCUT2D eigenvalue weighted by molar-refractivity contribution is 0.0240. The predicted molar refractivity (Wildman–Crippen MR) is 67.0 cm³/mol. The molecule has 0 aliphatic carbocycles. The lowest BCUT2D eigenvalue weighted by Crippen LogP contribution is -2.09. The summed E-state index contributed by atoms with van der Waals surface area (Å²) in [5, 5.41) is 0. The van der Waals surface area contributed by atoms with Gasteiger partial charge >= 0.3 is 0 Å². The van der Waals surface area contributed by atoms with E-state index in [2.05, 4.69) is 0 Å². The van der Waals surface area contributed by atoms with Gasteiger partial charge in [-0.3, -0.25) is 0 Å². The van der Waals surface area contributed by atoms with E-state index in [1.165, 1.54) is 0 Å². The average Bonchev–Trinajstić information content (AvgIpc) is 2.24. The van der Waals surface area contributed by atoms with Crippen LogP contribution in [-0.4, -0.2) is 54.3 Å². The van der Waals surface area contributed by atoms with Gasteiger partial charge in [-0.2, -0.15) is 0 Å². The molecule has 0 spiro atoms. The second kappa shape index (κ2) is 11.2. The van der Waals surface area contributed by atoms with Crippen LogP contribution in [0.2, 0.25) is 0 Å². The normalized spacial score (nSPS) is 11.9. The van der Waals surface area contributed by atoms with Gasteiger partial charge in [0.05, 0.1) is 32.2 Å². The number of unbranched alkanes of at least 4 members (excludes halogenated alkanes) is 2. The summed E-state index contributed by atoms with van der Waals surface area (Å²) in [4.78, 5) is 0. The molecule has 0 rings (SSSR count). The van der Waals surface area contributed by atoms with E-state index in [9.17, 15) is 8.42 Å². The average molecular weight is 289 g/mol. The fourth-order valence-electron chi connectivity index (χ4n) is 1.12. The third-order valence-corrected chi connectivity index (χ3v) is 3.22. The summed E-state index contributed by atoms with van der Waals surface area (Å²) in [7, 11) is 3.36. The van der Waals surface area contributed by atoms with Gasteiger partial charge in [0.15, 0.2) is 0 Å². The molecule has 0 atom stereocenters. The Morgan fingerprint density at radius 2 is 1.47 bits per heavy atom. The van der Waals surface area contributed by atoms with Crippen molar-refractivity contribution >= 4 is 19.7 Å². The van der Waals surface area contributed by atoms with Gasteiger partial charge in [-0.05, 0) is 12.8 Å². The Morgan fingerprint density at radius 1 is 0.882 bits per heavy atom. The van der Waals surface area contributed by atoms with E-state index in [1.807, 2.05) is 0 Å². The summed E-state index contributed by atoms with van der Waals surface area (Å²) in [5.74, 6) is 0.0364. The zero-order valence-electron chi connectivity index (χ0n) is 10.2. The molecule has 0 saturated heterocycles. The highest BCUT2D eigenvalue weighted by atomic mass is 35.7. The van der Waals surface area contributed by atoms with Crippen molar-refractivity contribution in [2.24, 2.45) is 0 Å². The minimum absolute atomic E-state index is 0.0364. The van der Waals surface area contributed by atoms with Crippen LogP contribution < -0.4 is 0 Å². The topological polar surface area (TPSA) is 61.8 Å². The number of halogens is 1. The monoisotopic (exact) mass is 288 g/mol. The Hall–Kier alpha value is 0.120. The van der Waals surface area contributed by atoms with E-state index >= 15 is 0 Å². The first-order valence-electron chi connectivity index (χ1n) is 5.63. The highest BCUT2D eigenvalue weighted by Gasteiger charge is 2.03. The van der Waals surface area contributed by atoms with Gasteiger partial charge in [0.2, 0.25) is 9.05 Å². The second-order valence-electron chi connectivity index (χ2n) is 3.52. The number of rotatable bonds is 12. The lowest BCUT2D eigenvalue weighted by atomic mass is 10.3. The van der Waals surface area contributed by atoms with Gasteiger partial charge in [0.1, 0.15) is 0 Å². The molecule has 0 aliphatic heterocycles. The van der Waals surface area contributed by atoms with Crippen molar-refractivity contribution in [1.82, 2.24) is 0 Å². The summed E-state index contributed by atoms with van der Waals surface area (Å²) in [5.41, 5.74) is 0. The maximum Gasteiger partial charge on any atom is 0.232 e. The number of methoxy groups -OCH3 is 1. The molecule has 0 radical (unpaired) electrons. The van der Waals surface area contributed by atoms with Crippen LogP contribution in [-0.2, 0) is 23.3 Å². The minimum Gasteiger partial charge on any atom is -0.382 e. The highest BCUT2D eigenvalue weighted by molar-refractivity contribution is 8.13. The molecule has 0 fully saturated rings. The number of hydrogen-bond donors (Lipinski definition) is 0. The standard InChI is InChI=1S/C10H21ClO5S/c1-14-6-7-16-9-8-15-5-3-2-4-10-17(11,12)13/h2-10H2,1H3. The van der Waals surface area contributed by atoms with Gasteiger partial charge in [-0.15, -0.1) is 0 Å². The van der Waals surface area contributed by atoms with Crippen molar-refractivity contribution in [2.75, 3.05) is 45.9 Å². The van der Waals surface area contributed by atoms with Crippen LogP contribution in [0, 0.1) is 0 Å². The first kappa shape index (κ1) is 17.1. The maximum atomic E-state index is 10.6. The quantitative estimate of drug-likeness (QED) is 0.401. The largest absolute Gasteiger partial charge is 0.382 e. The van der Waals surface area contributed by atoms with Crippen molar-refractivity contribution < 1.29 is 22.6 Å². The lowest BCUT2D eigenvalue weighted by Gasteiger charge is -2.05. The molecule has 0 aromatic rings. The number of hydrogen-bond acceptors (Lipinski definition) is 5. The van der Waals surface area contributed by atoms with E-state index < -0.39 is 9.05 Å². The molecule has 104 valence electrons. The van der Waals surface area contributed by atoms with Gasteiger partial charge < -0.3 is 14.2 Å². The third kappa shape index (κ3) is 16.1. The van der Waals surface area contributed by atoms with Crippen molar-refractivity contribution in [3.8, 4) is 0 Å². The first-order chi connectivity index (χ1) is 8.06. The van der Waals surface area contributed by atoms with Crippen LogP contribution >= 0.6 is 10.7 Å². The fourth-order valence-corrected chi connectivity index (χ4v) is 2.00. The molecular weight excluding hydrogens is 268 g/mol. The van der Waals surface area contributed by atoms with Gasteiger partial charge in [-0.1, -0.05) is 6.42 Å². The molecule has 17 heavy (non-hydrogen) atoms. The van der Waals surface area contributed by atoms with E-state index in [0.717, 1.165) is 12.8 Å². The Bertz CT molecular complexity index is 255. The van der Waals surface area contributed by atoms with Gasteiger partial charge in [0.25, 0.3) is 0 Å². The summed E-state index contributed by atoms with van der Waals surface area (Å²) in [6, 6.07) is 0. The highest BCUT2D eigenvalue weighted by Crippen LogP contribution is 2.03. The summed E-state index contributed by atoms with van der Waals surface area (Å²) in [6.07, 6.45) is 2.22. The van der Waals surface area contributed by atoms with E-state index in [1.54, 1.807) is 7.11 Å². The molecule has 0 saturated carbocycles. The third-order valence-electron chi connectivity index (χ3n) is 1.98. The molecule has 0 amide bonds. The van der Waals surface area contributed by atoms with Crippen LogP contribution in [0.15, 0.2) is 0 Å². The molecule has 0 N–H and O–H groups in total. The van der Waals surface area contributed by atoms with Crippen LogP contribution in [0.3, 0.4) is 0 Å². The Morgan fingerprint density at radius 3 is 2.06 bits per heavy atom. The van der Waals surface area contributed by atoms with Crippen molar-refractivity contribution in [3.05, 3.63) is 0 Å². The predicted octanol–water partition coefficient (Wildman–Crippen LogP) is 1.40. The van der Waals surface area contributed by atoms with E-state index in [-0.39, 0.29) is 5.75 Å². The molecule has 0 aliphatic rings. The van der Waals surface area contributed by atoms with E-state index in [4.69, 9.17) is 24.9 Å². The van der Waals surface area contributed by atoms with Crippen LogP contribution in [0.25, 0.3) is 0 Å². The maximum absolute atomic E-state index is 10.6. The smallest absolute Gasteiger partial charge is 0.232 e. The molecular formula is C10H21ClO5S. The summed E-state index contributed by atoms with van der Waals surface area (Å²) < 4.78 is 36.5. The molecule has 0 aromatic carbocycles. The zero-order valence-corrected chi connectivity index (χ0v) is 11.8. The molecule has 0 bridgehead atoms. The SMILES string of the molecule is COCCOCCOCCCCCS(=O)(=O)Cl. The Kier molecular flexibility index (Phi) is 11.3. The van der Waals surface area contributed by atoms with Crippen LogP contribution in [0.5, 0.6) is 0 Å². The molecule has 5 nitrogen and oxygen atoms in total. The molecule has 0 heterocycles. The zero-order chi connectivity index (χ0) is 13.0. The summed E-state index contributed by atoms with van der Waals surface area (Å²) >= 11 is 0. The van der Waals surface area contributed by atoms with Gasteiger partial charge in [-0.25, -0.2) is 8.42 Å². The minimum atomic E-state index is -3.33. The van der Waals surface area contributed by atoms with Gasteiger partial charge in [0, 0.05) is 24.4 Å². The molecule has 0 unspecified atom stereocenters. The van der Waals surface area contributed by atoms with Crippen molar-refractivity contribution in [3.63, 3.8) is 0 Å². The van der Waals surface area contributed by atoms with Crippen molar-refractivity contribution in [1.29, 1.82) is 0 Å². The second-order valence-corrected chi connectivity index (χ2v) is 6.42.